The van der Waals surface area contributed by atoms with Crippen LogP contribution in [0.1, 0.15) is 106 Å². The minimum atomic E-state index is -5.22. The van der Waals surface area contributed by atoms with E-state index in [0.29, 0.717) is 19.3 Å². The summed E-state index contributed by atoms with van der Waals surface area (Å²) in [5.74, 6) is -0.0744. The van der Waals surface area contributed by atoms with Crippen molar-refractivity contribution in [2.24, 2.45) is 0 Å². The highest BCUT2D eigenvalue weighted by atomic mass is 31.3. The van der Waals surface area contributed by atoms with E-state index in [-0.39, 0.29) is 12.5 Å². The van der Waals surface area contributed by atoms with Crippen LogP contribution in [-0.2, 0) is 22.8 Å². The van der Waals surface area contributed by atoms with Crippen molar-refractivity contribution in [3.05, 3.63) is 46.6 Å². The van der Waals surface area contributed by atoms with Gasteiger partial charge in [0.05, 0.1) is 18.2 Å². The van der Waals surface area contributed by atoms with Crippen LogP contribution in [0, 0.1) is 0 Å². The van der Waals surface area contributed by atoms with Crippen molar-refractivity contribution in [2.75, 3.05) is 6.61 Å². The molecule has 0 radical (unpaired) electrons. The topological polar surface area (TPSA) is 133 Å². The number of phosphoric acid groups is 2. The molecule has 0 aromatic heterocycles. The van der Waals surface area contributed by atoms with E-state index in [0.717, 1.165) is 38.5 Å². The Hall–Kier alpha value is -1.31. The average molecular weight is 590 g/mol. The van der Waals surface area contributed by atoms with E-state index in [1.165, 1.54) is 22.3 Å². The third-order valence-electron chi connectivity index (χ3n) is 6.80. The Morgan fingerprint density at radius 2 is 1.33 bits per heavy atom. The second-order valence-corrected chi connectivity index (χ2v) is 14.0. The molecule has 0 aromatic carbocycles. The molecule has 1 heterocycles. The predicted octanol–water partition coefficient (Wildman–Crippen LogP) is 7.52. The summed E-state index contributed by atoms with van der Waals surface area (Å²) < 4.78 is 31.8. The van der Waals surface area contributed by atoms with Gasteiger partial charge in [0.1, 0.15) is 0 Å². The number of amides is 1. The molecule has 1 fully saturated rings. The van der Waals surface area contributed by atoms with Crippen molar-refractivity contribution in [1.29, 1.82) is 0 Å². The molecule has 9 nitrogen and oxygen atoms in total. The highest BCUT2D eigenvalue weighted by Crippen LogP contribution is 2.58. The molecule has 11 heteroatoms. The first-order valence-corrected chi connectivity index (χ1v) is 16.6. The molecule has 1 aliphatic heterocycles. The molecule has 224 valence electrons. The van der Waals surface area contributed by atoms with Crippen molar-refractivity contribution < 1.29 is 37.4 Å². The number of nitrogens with zero attached hydrogens (tertiary/aromatic N) is 1. The van der Waals surface area contributed by atoms with E-state index in [1.54, 1.807) is 4.90 Å². The van der Waals surface area contributed by atoms with Crippen LogP contribution in [0.5, 0.6) is 0 Å². The molecule has 0 aliphatic carbocycles. The first-order chi connectivity index (χ1) is 18.0. The fourth-order valence-corrected chi connectivity index (χ4v) is 6.13. The molecule has 3 N–H and O–H groups in total. The Morgan fingerprint density at radius 1 is 0.821 bits per heavy atom. The van der Waals surface area contributed by atoms with Gasteiger partial charge >= 0.3 is 15.6 Å². The van der Waals surface area contributed by atoms with Gasteiger partial charge in [0.25, 0.3) is 0 Å². The maximum atomic E-state index is 13.1. The SMILES string of the molecule is CC(C)=CCC/C(C)=C/CCCC(=O)N1[C@H](COP(=O)(O)OP(=O)(O)O)[C@@]1(C)CC/C=C(\C)CCC=C(C)C. The lowest BCUT2D eigenvalue weighted by molar-refractivity contribution is -0.127. The Balaban J connectivity index is 2.78. The zero-order valence-corrected chi connectivity index (χ0v) is 26.5. The molecule has 0 saturated carbocycles. The number of carbonyl (C=O) groups is 1. The summed E-state index contributed by atoms with van der Waals surface area (Å²) in [6, 6.07) is -0.494. The standard InChI is InChI=1S/C28H49NO8P2/c1-22(2)13-10-16-24(5)15-8-9-19-27(30)29-26(21-36-39(34,35)37-38(31,32)33)28(29,7)20-12-18-25(6)17-11-14-23(3)4/h13-15,18,26H,8-12,16-17,19-21H2,1-7H3,(H,34,35)(H2,31,32,33)/b24-15+,25-18+/t26-,28-,29?/m1/s1. The maximum absolute atomic E-state index is 13.1. The summed E-state index contributed by atoms with van der Waals surface area (Å²) in [4.78, 5) is 42.2. The molecule has 1 saturated heterocycles. The molecular formula is C28H49NO8P2. The van der Waals surface area contributed by atoms with Crippen molar-refractivity contribution in [1.82, 2.24) is 4.90 Å². The normalized spacial score (nSPS) is 21.4. The van der Waals surface area contributed by atoms with Gasteiger partial charge in [-0.2, -0.15) is 4.31 Å². The first-order valence-electron chi connectivity index (χ1n) is 13.6. The summed E-state index contributed by atoms with van der Waals surface area (Å²) in [7, 11) is -10.2. The van der Waals surface area contributed by atoms with E-state index in [1.807, 2.05) is 6.92 Å². The quantitative estimate of drug-likeness (QED) is 0.0647. The van der Waals surface area contributed by atoms with Gasteiger partial charge in [-0.05, 0) is 99.8 Å². The smallest absolute Gasteiger partial charge is 0.327 e. The van der Waals surface area contributed by atoms with Crippen LogP contribution in [0.25, 0.3) is 0 Å². The van der Waals surface area contributed by atoms with Gasteiger partial charge in [-0.15, -0.1) is 0 Å². The molecule has 1 aliphatic rings. The van der Waals surface area contributed by atoms with Gasteiger partial charge < -0.3 is 19.6 Å². The second kappa shape index (κ2) is 16.2. The van der Waals surface area contributed by atoms with Crippen LogP contribution >= 0.6 is 15.6 Å². The first kappa shape index (κ1) is 35.7. The van der Waals surface area contributed by atoms with E-state index < -0.39 is 27.2 Å². The van der Waals surface area contributed by atoms with E-state index >= 15 is 0 Å². The molecule has 0 aromatic rings. The van der Waals surface area contributed by atoms with Gasteiger partial charge in [0.15, 0.2) is 0 Å². The van der Waals surface area contributed by atoms with E-state index in [9.17, 15) is 18.8 Å². The lowest BCUT2D eigenvalue weighted by Crippen LogP contribution is -2.20. The van der Waals surface area contributed by atoms with Gasteiger partial charge in [-0.3, -0.25) is 9.32 Å². The van der Waals surface area contributed by atoms with Crippen molar-refractivity contribution in [3.63, 3.8) is 0 Å². The molecule has 3 atom stereocenters. The minimum absolute atomic E-state index is 0.0744. The summed E-state index contributed by atoms with van der Waals surface area (Å²) in [5, 5.41) is 0. The van der Waals surface area contributed by atoms with Gasteiger partial charge in [-0.1, -0.05) is 46.6 Å². The number of rotatable bonds is 18. The van der Waals surface area contributed by atoms with Crippen LogP contribution in [0.15, 0.2) is 46.6 Å². The van der Waals surface area contributed by atoms with Crippen LogP contribution in [-0.4, -0.2) is 43.7 Å². The van der Waals surface area contributed by atoms with Gasteiger partial charge in [0, 0.05) is 6.42 Å². The Morgan fingerprint density at radius 3 is 1.82 bits per heavy atom. The van der Waals surface area contributed by atoms with Gasteiger partial charge in [0.2, 0.25) is 5.91 Å². The minimum Gasteiger partial charge on any atom is -0.327 e. The summed E-state index contributed by atoms with van der Waals surface area (Å²) in [6.07, 6.45) is 15.8. The Bertz CT molecular complexity index is 1030. The summed E-state index contributed by atoms with van der Waals surface area (Å²) in [5.41, 5.74) is 4.53. The largest absolute Gasteiger partial charge is 0.481 e. The zero-order chi connectivity index (χ0) is 29.9. The van der Waals surface area contributed by atoms with E-state index in [2.05, 4.69) is 70.2 Å². The second-order valence-electron chi connectivity index (χ2n) is 11.1. The molecule has 1 rings (SSSR count). The Kier molecular flexibility index (Phi) is 14.8. The molecule has 0 bridgehead atoms. The summed E-state index contributed by atoms with van der Waals surface area (Å²) in [6.45, 7) is 14.0. The number of carbonyl (C=O) groups excluding carboxylic acids is 1. The molecule has 39 heavy (non-hydrogen) atoms. The van der Waals surface area contributed by atoms with Gasteiger partial charge in [-0.25, -0.2) is 9.13 Å². The van der Waals surface area contributed by atoms with Crippen LogP contribution in [0.3, 0.4) is 0 Å². The highest BCUT2D eigenvalue weighted by Gasteiger charge is 2.61. The fraction of sp³-hybridized carbons (Fsp3) is 0.679. The van der Waals surface area contributed by atoms with Crippen LogP contribution < -0.4 is 0 Å². The lowest BCUT2D eigenvalue weighted by Gasteiger charge is -2.12. The van der Waals surface area contributed by atoms with Crippen LogP contribution in [0.4, 0.5) is 0 Å². The highest BCUT2D eigenvalue weighted by molar-refractivity contribution is 7.60. The number of phosphoric ester groups is 1. The molecule has 1 unspecified atom stereocenters. The Labute approximate surface area is 234 Å². The number of unbranched alkanes of at least 4 members (excludes halogenated alkanes) is 1. The number of allylic oxidation sites excluding steroid dienone is 8. The summed E-state index contributed by atoms with van der Waals surface area (Å²) >= 11 is 0. The van der Waals surface area contributed by atoms with Crippen molar-refractivity contribution in [2.45, 2.75) is 118 Å². The molecule has 0 spiro atoms. The van der Waals surface area contributed by atoms with E-state index in [4.69, 9.17) is 14.3 Å². The zero-order valence-electron chi connectivity index (χ0n) is 24.7. The molecule has 1 amide bonds. The third-order valence-corrected chi connectivity index (χ3v) is 8.95. The monoisotopic (exact) mass is 589 g/mol. The molecular weight excluding hydrogens is 540 g/mol. The third kappa shape index (κ3) is 14.8. The van der Waals surface area contributed by atoms with Crippen LogP contribution in [0.2, 0.25) is 0 Å². The van der Waals surface area contributed by atoms with Crippen molar-refractivity contribution in [3.8, 4) is 0 Å². The predicted molar refractivity (Wildman–Crippen MR) is 156 cm³/mol. The lowest BCUT2D eigenvalue weighted by atomic mass is 9.99. The maximum Gasteiger partial charge on any atom is 0.481 e. The number of hydrogen-bond acceptors (Lipinski definition) is 5. The van der Waals surface area contributed by atoms with Crippen molar-refractivity contribution >= 4 is 21.6 Å². The fourth-order valence-electron chi connectivity index (χ4n) is 4.54. The number of hydrogen-bond donors (Lipinski definition) is 3. The average Bonchev–Trinajstić information content (AvgIpc) is 3.36.